The lowest BCUT2D eigenvalue weighted by molar-refractivity contribution is 0.174. The Bertz CT molecular complexity index is 1050. The normalized spacial score (nSPS) is 15.7. The molecule has 0 bridgehead atoms. The molecule has 2 aromatic heterocycles. The number of nitrogens with two attached hydrogens (primary N) is 1. The molecule has 1 fully saturated rings. The number of fused-ring (bicyclic) bond motifs is 2. The number of rotatable bonds is 5. The molecule has 0 atom stereocenters. The molecule has 4 heterocycles. The summed E-state index contributed by atoms with van der Waals surface area (Å²) in [6, 6.07) is 3.91. The van der Waals surface area contributed by atoms with Crippen LogP contribution in [0.2, 0.25) is 0 Å². The number of halogens is 1. The smallest absolute Gasteiger partial charge is 0.231 e. The van der Waals surface area contributed by atoms with Gasteiger partial charge in [0.15, 0.2) is 33.6 Å². The molecule has 1 saturated heterocycles. The highest BCUT2D eigenvalue weighted by molar-refractivity contribution is 9.10. The maximum atomic E-state index is 6.08. The summed E-state index contributed by atoms with van der Waals surface area (Å²) in [5.41, 5.74) is 7.52. The quantitative estimate of drug-likeness (QED) is 0.522. The van der Waals surface area contributed by atoms with E-state index < -0.39 is 0 Å². The van der Waals surface area contributed by atoms with Crippen LogP contribution in [0.4, 0.5) is 5.82 Å². The molecule has 0 saturated carbocycles. The van der Waals surface area contributed by atoms with Crippen LogP contribution in [0.25, 0.3) is 11.2 Å². The van der Waals surface area contributed by atoms with Crippen LogP contribution in [0, 0.1) is 5.92 Å². The van der Waals surface area contributed by atoms with Gasteiger partial charge < -0.3 is 25.1 Å². The van der Waals surface area contributed by atoms with Gasteiger partial charge in [0.2, 0.25) is 6.79 Å². The van der Waals surface area contributed by atoms with Gasteiger partial charge in [-0.15, -0.1) is 0 Å². The minimum atomic E-state index is 0.247. The largest absolute Gasteiger partial charge is 0.454 e. The van der Waals surface area contributed by atoms with Crippen LogP contribution in [-0.2, 0) is 6.54 Å². The summed E-state index contributed by atoms with van der Waals surface area (Å²) in [7, 11) is 0. The third-order valence-corrected chi connectivity index (χ3v) is 7.34. The van der Waals surface area contributed by atoms with Gasteiger partial charge in [-0.2, -0.15) is 0 Å². The molecule has 3 aromatic rings. The highest BCUT2D eigenvalue weighted by Gasteiger charge is 2.22. The van der Waals surface area contributed by atoms with Crippen molar-refractivity contribution in [2.24, 2.45) is 5.92 Å². The molecule has 0 amide bonds. The van der Waals surface area contributed by atoms with Crippen LogP contribution in [0.1, 0.15) is 33.1 Å². The van der Waals surface area contributed by atoms with Crippen LogP contribution in [0.3, 0.4) is 0 Å². The summed E-state index contributed by atoms with van der Waals surface area (Å²) < 4.78 is 14.1. The topological polar surface area (TPSA) is 100 Å². The van der Waals surface area contributed by atoms with Gasteiger partial charge in [0.25, 0.3) is 0 Å². The van der Waals surface area contributed by atoms with Crippen molar-refractivity contribution >= 4 is 44.7 Å². The van der Waals surface area contributed by atoms with E-state index in [0.29, 0.717) is 17.3 Å². The van der Waals surface area contributed by atoms with Gasteiger partial charge >= 0.3 is 0 Å². The van der Waals surface area contributed by atoms with E-state index in [1.165, 1.54) is 19.2 Å². The molecular weight excluding hydrogens is 480 g/mol. The molecule has 1 aromatic carbocycles. The predicted octanol–water partition coefficient (Wildman–Crippen LogP) is 4.47. The van der Waals surface area contributed by atoms with E-state index in [1.807, 2.05) is 26.0 Å². The van der Waals surface area contributed by atoms with E-state index in [0.717, 1.165) is 57.7 Å². The third kappa shape index (κ3) is 4.75. The molecule has 31 heavy (non-hydrogen) atoms. The minimum absolute atomic E-state index is 0.247. The number of nitrogens with zero attached hydrogens (tertiary/aromatic N) is 4. The van der Waals surface area contributed by atoms with Crippen molar-refractivity contribution in [3.05, 3.63) is 22.9 Å². The molecule has 3 N–H and O–H groups in total. The Balaban J connectivity index is 0.00000112. The number of aromatic nitrogens is 4. The summed E-state index contributed by atoms with van der Waals surface area (Å²) in [6.45, 7) is 7.28. The molecule has 5 rings (SSSR count). The number of hydrogen-bond donors (Lipinski definition) is 2. The zero-order chi connectivity index (χ0) is 21.8. The van der Waals surface area contributed by atoms with Gasteiger partial charge in [0.05, 0.1) is 0 Å². The van der Waals surface area contributed by atoms with E-state index in [2.05, 4.69) is 35.8 Å². The molecule has 0 spiro atoms. The van der Waals surface area contributed by atoms with Crippen molar-refractivity contribution in [1.82, 2.24) is 24.8 Å². The number of hydrogen-bond acceptors (Lipinski definition) is 8. The van der Waals surface area contributed by atoms with Gasteiger partial charge in [0, 0.05) is 15.9 Å². The van der Waals surface area contributed by atoms with Crippen LogP contribution in [0.15, 0.2) is 33.0 Å². The van der Waals surface area contributed by atoms with E-state index in [-0.39, 0.29) is 6.79 Å². The van der Waals surface area contributed by atoms with E-state index in [9.17, 15) is 0 Å². The van der Waals surface area contributed by atoms with Crippen molar-refractivity contribution in [3.8, 4) is 11.5 Å². The Morgan fingerprint density at radius 3 is 2.71 bits per heavy atom. The molecular formula is C21H27BrN6O2S. The first kappa shape index (κ1) is 22.2. The van der Waals surface area contributed by atoms with Gasteiger partial charge in [-0.3, -0.25) is 0 Å². The summed E-state index contributed by atoms with van der Waals surface area (Å²) in [5, 5.41) is 4.28. The Kier molecular flexibility index (Phi) is 7.19. The van der Waals surface area contributed by atoms with Crippen LogP contribution in [-0.4, -0.2) is 39.4 Å². The average molecular weight is 507 g/mol. The zero-order valence-corrected chi connectivity index (χ0v) is 20.1. The fourth-order valence-electron chi connectivity index (χ4n) is 3.77. The number of aryl methyl sites for hydroxylation is 1. The van der Waals surface area contributed by atoms with E-state index in [4.69, 9.17) is 20.2 Å². The highest BCUT2D eigenvalue weighted by Crippen LogP contribution is 2.43. The molecule has 0 unspecified atom stereocenters. The Labute approximate surface area is 194 Å². The maximum absolute atomic E-state index is 6.08. The van der Waals surface area contributed by atoms with Crippen LogP contribution >= 0.6 is 27.7 Å². The van der Waals surface area contributed by atoms with Gasteiger partial charge in [-0.1, -0.05) is 25.6 Å². The second-order valence-electron chi connectivity index (χ2n) is 7.20. The fraction of sp³-hybridized carbons (Fsp3) is 0.476. The highest BCUT2D eigenvalue weighted by atomic mass is 79.9. The van der Waals surface area contributed by atoms with E-state index >= 15 is 0 Å². The summed E-state index contributed by atoms with van der Waals surface area (Å²) in [5.74, 6) is 2.60. The molecule has 8 nitrogen and oxygen atoms in total. The van der Waals surface area contributed by atoms with Crippen molar-refractivity contribution in [2.45, 2.75) is 49.7 Å². The lowest BCUT2D eigenvalue weighted by Gasteiger charge is -2.23. The summed E-state index contributed by atoms with van der Waals surface area (Å²) in [6.07, 6.45) is 5.01. The number of ether oxygens (including phenoxy) is 2. The number of piperidine rings is 1. The SMILES string of the molecule is CC.Nc1ncnc2c1nc(Sc1cc3c(cc1Br)OCO3)n2CCC1CCNCC1. The first-order valence-electron chi connectivity index (χ1n) is 10.6. The third-order valence-electron chi connectivity index (χ3n) is 5.37. The second kappa shape index (κ2) is 10.1. The standard InChI is InChI=1S/C19H21BrN6O2S.C2H6/c20-12-7-13-14(28-10-27-13)8-15(12)29-19-25-16-17(21)23-9-24-18(16)26(19)6-3-11-1-4-22-5-2-11;1-2/h7-9,11,22H,1-6,10H2,(H2,21,23,24);1-2H3. The van der Waals surface area contributed by atoms with E-state index in [1.54, 1.807) is 11.8 Å². The molecule has 166 valence electrons. The number of nitrogen functional groups attached to an aromatic ring is 1. The molecule has 2 aliphatic rings. The van der Waals surface area contributed by atoms with Crippen molar-refractivity contribution in [1.29, 1.82) is 0 Å². The lowest BCUT2D eigenvalue weighted by atomic mass is 9.95. The second-order valence-corrected chi connectivity index (χ2v) is 9.06. The average Bonchev–Trinajstić information content (AvgIpc) is 3.39. The fourth-order valence-corrected chi connectivity index (χ4v) is 5.28. The zero-order valence-electron chi connectivity index (χ0n) is 17.7. The minimum Gasteiger partial charge on any atom is -0.454 e. The number of nitrogens with one attached hydrogen (secondary N) is 1. The van der Waals surface area contributed by atoms with Gasteiger partial charge in [0.1, 0.15) is 6.33 Å². The monoisotopic (exact) mass is 506 g/mol. The molecule has 0 aliphatic carbocycles. The Morgan fingerprint density at radius 1 is 1.19 bits per heavy atom. The Morgan fingerprint density at radius 2 is 1.94 bits per heavy atom. The molecule has 2 aliphatic heterocycles. The van der Waals surface area contributed by atoms with Crippen molar-refractivity contribution in [3.63, 3.8) is 0 Å². The van der Waals surface area contributed by atoms with Crippen LogP contribution in [0.5, 0.6) is 11.5 Å². The van der Waals surface area contributed by atoms with Crippen molar-refractivity contribution < 1.29 is 9.47 Å². The number of imidazole rings is 1. The summed E-state index contributed by atoms with van der Waals surface area (Å²) >= 11 is 5.20. The van der Waals surface area contributed by atoms with Gasteiger partial charge in [-0.05, 0) is 66.3 Å². The Hall–Kier alpha value is -2.04. The van der Waals surface area contributed by atoms with Gasteiger partial charge in [-0.25, -0.2) is 15.0 Å². The summed E-state index contributed by atoms with van der Waals surface area (Å²) in [4.78, 5) is 14.4. The first-order chi connectivity index (χ1) is 15.2. The maximum Gasteiger partial charge on any atom is 0.231 e. The predicted molar refractivity (Wildman–Crippen MR) is 126 cm³/mol. The number of anilines is 1. The number of benzene rings is 1. The molecule has 0 radical (unpaired) electrons. The molecule has 10 heteroatoms. The first-order valence-corrected chi connectivity index (χ1v) is 12.2. The lowest BCUT2D eigenvalue weighted by Crippen LogP contribution is -2.28. The van der Waals surface area contributed by atoms with Crippen LogP contribution < -0.4 is 20.5 Å². The van der Waals surface area contributed by atoms with Crippen molar-refractivity contribution in [2.75, 3.05) is 25.6 Å².